The van der Waals surface area contributed by atoms with Gasteiger partial charge in [0.2, 0.25) is 11.8 Å². The molecule has 18 heavy (non-hydrogen) atoms. The highest BCUT2D eigenvalue weighted by molar-refractivity contribution is 5.81. The van der Waals surface area contributed by atoms with Gasteiger partial charge in [-0.1, -0.05) is 13.8 Å². The zero-order valence-electron chi connectivity index (χ0n) is 11.5. The molecule has 0 spiro atoms. The van der Waals surface area contributed by atoms with Gasteiger partial charge in [-0.15, -0.1) is 0 Å². The SMILES string of the molecule is CC(C)CCNC(=O)C(C)NCCOCC(N)=O. The van der Waals surface area contributed by atoms with Crippen LogP contribution in [0, 0.1) is 5.92 Å². The Bertz CT molecular complexity index is 257. The molecule has 1 atom stereocenters. The number of rotatable bonds is 10. The van der Waals surface area contributed by atoms with Crippen LogP contribution in [0.4, 0.5) is 0 Å². The standard InChI is InChI=1S/C12H25N3O3/c1-9(2)4-5-15-12(17)10(3)14-6-7-18-8-11(13)16/h9-10,14H,4-8H2,1-3H3,(H2,13,16)(H,15,17). The van der Waals surface area contributed by atoms with Crippen molar-refractivity contribution in [3.63, 3.8) is 0 Å². The molecule has 0 aromatic carbocycles. The van der Waals surface area contributed by atoms with Crippen molar-refractivity contribution in [1.29, 1.82) is 0 Å². The first-order valence-electron chi connectivity index (χ1n) is 6.30. The second-order valence-corrected chi connectivity index (χ2v) is 4.67. The number of nitrogens with one attached hydrogen (secondary N) is 2. The maximum Gasteiger partial charge on any atom is 0.243 e. The van der Waals surface area contributed by atoms with E-state index in [1.807, 2.05) is 0 Å². The third kappa shape index (κ3) is 10.0. The van der Waals surface area contributed by atoms with Gasteiger partial charge < -0.3 is 21.1 Å². The molecule has 0 aromatic heterocycles. The normalized spacial score (nSPS) is 12.4. The van der Waals surface area contributed by atoms with E-state index in [0.717, 1.165) is 6.42 Å². The Morgan fingerprint density at radius 3 is 2.44 bits per heavy atom. The zero-order chi connectivity index (χ0) is 14.0. The van der Waals surface area contributed by atoms with Crippen LogP contribution >= 0.6 is 0 Å². The average molecular weight is 259 g/mol. The topological polar surface area (TPSA) is 93.4 Å². The van der Waals surface area contributed by atoms with E-state index in [9.17, 15) is 9.59 Å². The Kier molecular flexibility index (Phi) is 9.22. The first-order chi connectivity index (χ1) is 8.43. The van der Waals surface area contributed by atoms with Crippen LogP contribution in [0.2, 0.25) is 0 Å². The molecule has 1 unspecified atom stereocenters. The minimum Gasteiger partial charge on any atom is -0.370 e. The quantitative estimate of drug-likeness (QED) is 0.467. The molecule has 0 saturated heterocycles. The summed E-state index contributed by atoms with van der Waals surface area (Å²) in [5.74, 6) is 0.0655. The van der Waals surface area contributed by atoms with Crippen molar-refractivity contribution in [1.82, 2.24) is 10.6 Å². The van der Waals surface area contributed by atoms with E-state index in [1.165, 1.54) is 0 Å². The number of hydrogen-bond donors (Lipinski definition) is 3. The molecule has 0 fully saturated rings. The largest absolute Gasteiger partial charge is 0.370 e. The number of carbonyl (C=O) groups is 2. The highest BCUT2D eigenvalue weighted by Gasteiger charge is 2.10. The Balaban J connectivity index is 3.52. The van der Waals surface area contributed by atoms with Crippen LogP contribution in [0.25, 0.3) is 0 Å². The molecule has 6 heteroatoms. The van der Waals surface area contributed by atoms with E-state index in [2.05, 4.69) is 24.5 Å². The van der Waals surface area contributed by atoms with Crippen molar-refractivity contribution < 1.29 is 14.3 Å². The molecule has 0 saturated carbocycles. The van der Waals surface area contributed by atoms with Crippen molar-refractivity contribution in [3.05, 3.63) is 0 Å². The first-order valence-corrected chi connectivity index (χ1v) is 6.30. The summed E-state index contributed by atoms with van der Waals surface area (Å²) < 4.78 is 4.97. The average Bonchev–Trinajstić information content (AvgIpc) is 2.27. The van der Waals surface area contributed by atoms with Gasteiger partial charge in [0.05, 0.1) is 12.6 Å². The maximum atomic E-state index is 11.6. The van der Waals surface area contributed by atoms with Gasteiger partial charge in [0.1, 0.15) is 6.61 Å². The molecule has 0 aliphatic carbocycles. The molecule has 4 N–H and O–H groups in total. The summed E-state index contributed by atoms with van der Waals surface area (Å²) in [5, 5.41) is 5.86. The zero-order valence-corrected chi connectivity index (χ0v) is 11.5. The molecule has 0 aliphatic rings. The molecule has 6 nitrogen and oxygen atoms in total. The van der Waals surface area contributed by atoms with Crippen LogP contribution in [0.1, 0.15) is 27.2 Å². The van der Waals surface area contributed by atoms with E-state index in [-0.39, 0.29) is 18.6 Å². The summed E-state index contributed by atoms with van der Waals surface area (Å²) in [7, 11) is 0. The summed E-state index contributed by atoms with van der Waals surface area (Å²) in [4.78, 5) is 22.0. The molecule has 0 radical (unpaired) electrons. The van der Waals surface area contributed by atoms with Crippen LogP contribution in [0.5, 0.6) is 0 Å². The van der Waals surface area contributed by atoms with Crippen molar-refractivity contribution in [2.45, 2.75) is 33.2 Å². The van der Waals surface area contributed by atoms with Crippen LogP contribution < -0.4 is 16.4 Å². The van der Waals surface area contributed by atoms with Gasteiger partial charge in [0, 0.05) is 13.1 Å². The first kappa shape index (κ1) is 16.9. The number of amides is 2. The molecular weight excluding hydrogens is 234 g/mol. The predicted octanol–water partition coefficient (Wildman–Crippen LogP) is -0.371. The fourth-order valence-corrected chi connectivity index (χ4v) is 1.25. The smallest absolute Gasteiger partial charge is 0.243 e. The van der Waals surface area contributed by atoms with Crippen molar-refractivity contribution >= 4 is 11.8 Å². The maximum absolute atomic E-state index is 11.6. The Labute approximate surface area is 109 Å². The van der Waals surface area contributed by atoms with E-state index in [4.69, 9.17) is 10.5 Å². The minimum atomic E-state index is -0.491. The van der Waals surface area contributed by atoms with E-state index in [0.29, 0.717) is 25.6 Å². The number of nitrogens with two attached hydrogens (primary N) is 1. The third-order valence-electron chi connectivity index (χ3n) is 2.36. The van der Waals surface area contributed by atoms with E-state index < -0.39 is 5.91 Å². The lowest BCUT2D eigenvalue weighted by atomic mass is 10.1. The van der Waals surface area contributed by atoms with Crippen LogP contribution in [-0.4, -0.2) is 44.2 Å². The van der Waals surface area contributed by atoms with Gasteiger partial charge in [-0.2, -0.15) is 0 Å². The van der Waals surface area contributed by atoms with E-state index >= 15 is 0 Å². The van der Waals surface area contributed by atoms with Gasteiger partial charge in [-0.05, 0) is 19.3 Å². The van der Waals surface area contributed by atoms with Crippen molar-refractivity contribution in [2.24, 2.45) is 11.7 Å². The lowest BCUT2D eigenvalue weighted by Gasteiger charge is -2.14. The molecular formula is C12H25N3O3. The highest BCUT2D eigenvalue weighted by atomic mass is 16.5. The molecule has 0 aromatic rings. The fraction of sp³-hybridized carbons (Fsp3) is 0.833. The van der Waals surface area contributed by atoms with E-state index in [1.54, 1.807) is 6.92 Å². The second-order valence-electron chi connectivity index (χ2n) is 4.67. The molecule has 106 valence electrons. The van der Waals surface area contributed by atoms with Crippen LogP contribution in [-0.2, 0) is 14.3 Å². The Hall–Kier alpha value is -1.14. The minimum absolute atomic E-state index is 0.0226. The van der Waals surface area contributed by atoms with Crippen molar-refractivity contribution in [3.8, 4) is 0 Å². The van der Waals surface area contributed by atoms with Gasteiger partial charge >= 0.3 is 0 Å². The Morgan fingerprint density at radius 1 is 1.22 bits per heavy atom. The predicted molar refractivity (Wildman–Crippen MR) is 69.9 cm³/mol. The second kappa shape index (κ2) is 9.85. The van der Waals surface area contributed by atoms with Gasteiger partial charge in [-0.3, -0.25) is 9.59 Å². The van der Waals surface area contributed by atoms with Crippen LogP contribution in [0.3, 0.4) is 0 Å². The number of carbonyl (C=O) groups excluding carboxylic acids is 2. The molecule has 0 heterocycles. The van der Waals surface area contributed by atoms with Gasteiger partial charge in [0.25, 0.3) is 0 Å². The number of primary amides is 1. The fourth-order valence-electron chi connectivity index (χ4n) is 1.25. The lowest BCUT2D eigenvalue weighted by molar-refractivity contribution is -0.124. The molecule has 2 amide bonds. The number of hydrogen-bond acceptors (Lipinski definition) is 4. The summed E-state index contributed by atoms with van der Waals surface area (Å²) in [6.45, 7) is 7.49. The Morgan fingerprint density at radius 2 is 1.89 bits per heavy atom. The summed E-state index contributed by atoms with van der Waals surface area (Å²) in [5.41, 5.74) is 4.91. The number of ether oxygens (including phenoxy) is 1. The lowest BCUT2D eigenvalue weighted by Crippen LogP contribution is -2.43. The van der Waals surface area contributed by atoms with Crippen molar-refractivity contribution in [2.75, 3.05) is 26.3 Å². The molecule has 0 aliphatic heterocycles. The van der Waals surface area contributed by atoms with Crippen LogP contribution in [0.15, 0.2) is 0 Å². The molecule has 0 rings (SSSR count). The van der Waals surface area contributed by atoms with Gasteiger partial charge in [0.15, 0.2) is 0 Å². The molecule has 0 bridgehead atoms. The van der Waals surface area contributed by atoms with Gasteiger partial charge in [-0.25, -0.2) is 0 Å². The summed E-state index contributed by atoms with van der Waals surface area (Å²) in [6.07, 6.45) is 0.972. The third-order valence-corrected chi connectivity index (χ3v) is 2.36. The monoisotopic (exact) mass is 259 g/mol. The summed E-state index contributed by atoms with van der Waals surface area (Å²) in [6, 6.07) is -0.269. The summed E-state index contributed by atoms with van der Waals surface area (Å²) >= 11 is 0. The highest BCUT2D eigenvalue weighted by Crippen LogP contribution is 1.96.